The summed E-state index contributed by atoms with van der Waals surface area (Å²) in [6.45, 7) is 0.202. The fourth-order valence-electron chi connectivity index (χ4n) is 4.41. The topological polar surface area (TPSA) is 154 Å². The monoisotopic (exact) mass is 683 g/mol. The molecule has 0 radical (unpaired) electrons. The maximum absolute atomic E-state index is 13.0. The molecule has 15 heteroatoms. The first-order valence-corrected chi connectivity index (χ1v) is 16.9. The van der Waals surface area contributed by atoms with Gasteiger partial charge in [0.05, 0.1) is 26.6 Å². The molecule has 2 N–H and O–H groups in total. The smallest absolute Gasteiger partial charge is 0.292 e. The number of carbonyl (C=O) groups is 2. The number of rotatable bonds is 13. The van der Waals surface area contributed by atoms with E-state index < -0.39 is 4.92 Å². The van der Waals surface area contributed by atoms with Crippen LogP contribution in [0.4, 0.5) is 17.1 Å². The number of thioether (sulfide) groups is 2. The highest BCUT2D eigenvalue weighted by Gasteiger charge is 2.18. The van der Waals surface area contributed by atoms with Crippen LogP contribution in [0.3, 0.4) is 0 Å². The molecule has 2 heterocycles. The SMILES string of the molecule is O=C(CSc1nnc(COc2ccccc2)n1-c1ccccc1)Nc1ccc2nc(SCC(=O)Nc3ccccc3[N+](=O)[O-])sc2c1. The van der Waals surface area contributed by atoms with Crippen LogP contribution in [0.1, 0.15) is 5.82 Å². The van der Waals surface area contributed by atoms with Crippen molar-refractivity contribution < 1.29 is 19.2 Å². The summed E-state index contributed by atoms with van der Waals surface area (Å²) < 4.78 is 9.29. The Morgan fingerprint density at radius 1 is 0.851 bits per heavy atom. The Morgan fingerprint density at radius 3 is 2.34 bits per heavy atom. The zero-order valence-corrected chi connectivity index (χ0v) is 26.9. The number of benzene rings is 4. The van der Waals surface area contributed by atoms with Gasteiger partial charge >= 0.3 is 0 Å². The number of fused-ring (bicyclic) bond motifs is 1. The summed E-state index contributed by atoms with van der Waals surface area (Å²) in [5, 5.41) is 26.0. The van der Waals surface area contributed by atoms with Crippen LogP contribution in [-0.2, 0) is 16.2 Å². The van der Waals surface area contributed by atoms with Gasteiger partial charge in [-0.3, -0.25) is 24.3 Å². The molecule has 0 fully saturated rings. The van der Waals surface area contributed by atoms with Gasteiger partial charge in [-0.1, -0.05) is 72.1 Å². The number of hydrogen-bond acceptors (Lipinski definition) is 11. The highest BCUT2D eigenvalue weighted by molar-refractivity contribution is 8.01. The van der Waals surface area contributed by atoms with Crippen LogP contribution in [0.15, 0.2) is 113 Å². The van der Waals surface area contributed by atoms with Crippen LogP contribution in [-0.4, -0.2) is 48.0 Å². The van der Waals surface area contributed by atoms with Crippen molar-refractivity contribution in [2.45, 2.75) is 16.1 Å². The molecular weight excluding hydrogens is 659 g/mol. The average molecular weight is 684 g/mol. The van der Waals surface area contributed by atoms with Gasteiger partial charge in [-0.15, -0.1) is 21.5 Å². The van der Waals surface area contributed by atoms with E-state index in [4.69, 9.17) is 4.74 Å². The molecule has 6 aromatic rings. The second kappa shape index (κ2) is 14.9. The van der Waals surface area contributed by atoms with Gasteiger partial charge < -0.3 is 15.4 Å². The quantitative estimate of drug-likeness (QED) is 0.0752. The average Bonchev–Trinajstić information content (AvgIpc) is 3.70. The zero-order valence-electron chi connectivity index (χ0n) is 24.4. The molecule has 0 aliphatic heterocycles. The molecule has 4 aromatic carbocycles. The molecule has 0 unspecified atom stereocenters. The zero-order chi connectivity index (χ0) is 32.6. The highest BCUT2D eigenvalue weighted by Crippen LogP contribution is 2.32. The van der Waals surface area contributed by atoms with Crippen LogP contribution < -0.4 is 15.4 Å². The number of aromatic nitrogens is 4. The number of carbonyl (C=O) groups excluding carboxylic acids is 2. The fraction of sp³-hybridized carbons (Fsp3) is 0.0938. The molecule has 2 amide bonds. The summed E-state index contributed by atoms with van der Waals surface area (Å²) in [5.74, 6) is 0.847. The van der Waals surface area contributed by atoms with Gasteiger partial charge in [-0.25, -0.2) is 4.98 Å². The van der Waals surface area contributed by atoms with Crippen LogP contribution in [0, 0.1) is 10.1 Å². The third kappa shape index (κ3) is 8.13. The minimum absolute atomic E-state index is 0.0282. The van der Waals surface area contributed by atoms with Crippen molar-refractivity contribution in [2.24, 2.45) is 0 Å². The van der Waals surface area contributed by atoms with Gasteiger partial charge in [0.2, 0.25) is 11.8 Å². The Labute approximate surface area is 280 Å². The lowest BCUT2D eigenvalue weighted by atomic mass is 10.2. The van der Waals surface area contributed by atoms with Crippen LogP contribution in [0.25, 0.3) is 15.9 Å². The van der Waals surface area contributed by atoms with Gasteiger partial charge in [-0.2, -0.15) is 0 Å². The van der Waals surface area contributed by atoms with Gasteiger partial charge in [0.15, 0.2) is 15.3 Å². The number of amides is 2. The Morgan fingerprint density at radius 2 is 1.55 bits per heavy atom. The molecule has 0 aliphatic carbocycles. The van der Waals surface area contributed by atoms with Crippen LogP contribution >= 0.6 is 34.9 Å². The van der Waals surface area contributed by atoms with E-state index in [0.29, 0.717) is 26.8 Å². The summed E-state index contributed by atoms with van der Waals surface area (Å²) >= 11 is 3.88. The standard InChI is InChI=1S/C32H25N7O5S3/c40-29(19-45-31-37-36-28(18-44-23-11-5-2-6-12-23)38(31)22-9-3-1-4-10-22)33-21-15-16-25-27(17-21)47-32(35-25)46-20-30(41)34-24-13-7-8-14-26(24)39(42)43/h1-17H,18-20H2,(H,33,40)(H,34,41). The minimum atomic E-state index is -0.540. The summed E-state index contributed by atoms with van der Waals surface area (Å²) in [4.78, 5) is 40.7. The van der Waals surface area contributed by atoms with Crippen molar-refractivity contribution in [3.05, 3.63) is 119 Å². The number of nitrogens with one attached hydrogen (secondary N) is 2. The molecule has 0 spiro atoms. The number of nitro groups is 1. The normalized spacial score (nSPS) is 10.9. The predicted molar refractivity (Wildman–Crippen MR) is 184 cm³/mol. The maximum Gasteiger partial charge on any atom is 0.292 e. The van der Waals surface area contributed by atoms with E-state index in [-0.39, 0.29) is 41.3 Å². The second-order valence-corrected chi connectivity index (χ2v) is 13.0. The molecule has 236 valence electrons. The Bertz CT molecular complexity index is 2040. The van der Waals surface area contributed by atoms with Crippen molar-refractivity contribution in [1.82, 2.24) is 19.7 Å². The summed E-state index contributed by atoms with van der Waals surface area (Å²) in [7, 11) is 0. The first-order chi connectivity index (χ1) is 22.9. The van der Waals surface area contributed by atoms with Gasteiger partial charge in [0, 0.05) is 17.4 Å². The first-order valence-electron chi connectivity index (χ1n) is 14.1. The second-order valence-electron chi connectivity index (χ2n) is 9.78. The molecule has 0 bridgehead atoms. The number of nitro benzene ring substituents is 1. The lowest BCUT2D eigenvalue weighted by Gasteiger charge is -2.11. The molecule has 0 aliphatic rings. The van der Waals surface area contributed by atoms with Crippen molar-refractivity contribution in [3.8, 4) is 11.4 Å². The van der Waals surface area contributed by atoms with E-state index >= 15 is 0 Å². The van der Waals surface area contributed by atoms with Crippen molar-refractivity contribution in [3.63, 3.8) is 0 Å². The number of para-hydroxylation sites is 4. The lowest BCUT2D eigenvalue weighted by Crippen LogP contribution is -2.15. The van der Waals surface area contributed by atoms with E-state index in [1.54, 1.807) is 18.2 Å². The van der Waals surface area contributed by atoms with Gasteiger partial charge in [0.1, 0.15) is 18.0 Å². The maximum atomic E-state index is 13.0. The van der Waals surface area contributed by atoms with Gasteiger partial charge in [0.25, 0.3) is 5.69 Å². The summed E-state index contributed by atoms with van der Waals surface area (Å²) in [6.07, 6.45) is 0. The summed E-state index contributed by atoms with van der Waals surface area (Å²) in [5.41, 5.74) is 2.17. The van der Waals surface area contributed by atoms with E-state index in [1.807, 2.05) is 71.3 Å². The number of thiazole rings is 1. The van der Waals surface area contributed by atoms with Crippen LogP contribution in [0.5, 0.6) is 5.75 Å². The van der Waals surface area contributed by atoms with E-state index in [9.17, 15) is 19.7 Å². The Hall–Kier alpha value is -5.25. The van der Waals surface area contributed by atoms with E-state index in [2.05, 4.69) is 25.8 Å². The third-order valence-electron chi connectivity index (χ3n) is 6.51. The Balaban J connectivity index is 1.06. The number of ether oxygens (including phenoxy) is 1. The third-order valence-corrected chi connectivity index (χ3v) is 9.60. The molecule has 0 saturated carbocycles. The summed E-state index contributed by atoms with van der Waals surface area (Å²) in [6, 6.07) is 30.5. The van der Waals surface area contributed by atoms with Crippen LogP contribution in [0.2, 0.25) is 0 Å². The minimum Gasteiger partial charge on any atom is -0.486 e. The molecule has 12 nitrogen and oxygen atoms in total. The largest absolute Gasteiger partial charge is 0.486 e. The van der Waals surface area contributed by atoms with Crippen molar-refractivity contribution in [1.29, 1.82) is 0 Å². The molecule has 6 rings (SSSR count). The number of nitrogens with zero attached hydrogens (tertiary/aromatic N) is 5. The van der Waals surface area contributed by atoms with E-state index in [1.165, 1.54) is 53.1 Å². The highest BCUT2D eigenvalue weighted by atomic mass is 32.2. The van der Waals surface area contributed by atoms with Crippen molar-refractivity contribution >= 4 is 74.0 Å². The number of hydrogen-bond donors (Lipinski definition) is 2. The molecule has 47 heavy (non-hydrogen) atoms. The Kier molecular flexibility index (Phi) is 10.1. The lowest BCUT2D eigenvalue weighted by molar-refractivity contribution is -0.383. The predicted octanol–water partition coefficient (Wildman–Crippen LogP) is 6.83. The van der Waals surface area contributed by atoms with Gasteiger partial charge in [-0.05, 0) is 48.5 Å². The molecule has 2 aromatic heterocycles. The first kappa shape index (κ1) is 31.7. The van der Waals surface area contributed by atoms with E-state index in [0.717, 1.165) is 15.9 Å². The van der Waals surface area contributed by atoms with Crippen molar-refractivity contribution in [2.75, 3.05) is 22.1 Å². The molecular formula is C32H25N7O5S3. The molecule has 0 atom stereocenters. The molecule has 0 saturated heterocycles. The fourth-order valence-corrected chi connectivity index (χ4v) is 7.09. The number of anilines is 2.